The third-order valence-corrected chi connectivity index (χ3v) is 14.5. The molecular weight excluding hydrogens is 661 g/mol. The molecular formula is C42H46O8Si. The van der Waals surface area contributed by atoms with E-state index < -0.39 is 51.4 Å². The molecule has 8 nitrogen and oxygen atoms in total. The van der Waals surface area contributed by atoms with Crippen LogP contribution in [0.2, 0.25) is 5.04 Å². The van der Waals surface area contributed by atoms with E-state index in [2.05, 4.69) is 45.0 Å². The van der Waals surface area contributed by atoms with E-state index in [1.807, 2.05) is 78.9 Å². The first-order valence-electron chi connectivity index (χ1n) is 17.3. The molecule has 0 bridgehead atoms. The normalized spacial score (nSPS) is 22.0. The maximum Gasteiger partial charge on any atom is 0.338 e. The minimum Gasteiger partial charge on any atom is -0.453 e. The van der Waals surface area contributed by atoms with Gasteiger partial charge in [-0.1, -0.05) is 130 Å². The van der Waals surface area contributed by atoms with Crippen LogP contribution in [0.15, 0.2) is 145 Å². The lowest BCUT2D eigenvalue weighted by Gasteiger charge is -2.46. The molecule has 2 N–H and O–H groups in total. The summed E-state index contributed by atoms with van der Waals surface area (Å²) in [6.45, 7) is 6.61. The predicted octanol–water partition coefficient (Wildman–Crippen LogP) is 5.54. The van der Waals surface area contributed by atoms with Crippen LogP contribution in [-0.2, 0) is 30.0 Å². The van der Waals surface area contributed by atoms with E-state index in [-0.39, 0.29) is 18.4 Å². The lowest BCUT2D eigenvalue weighted by Crippen LogP contribution is -2.67. The summed E-state index contributed by atoms with van der Waals surface area (Å²) in [6, 6.07) is 39.2. The SMILES string of the molecule is CC(C)(C)[Si](OCC1=C[C@@H](OCOCc2ccccc2)C2=CC(O)O[C@H](CO)[C@H]2[C@@H]1OC(=O)c1ccccc1)(c1ccccc1)c1ccccc1. The minimum absolute atomic E-state index is 0.0435. The van der Waals surface area contributed by atoms with Crippen LogP contribution >= 0.6 is 0 Å². The zero-order valence-electron chi connectivity index (χ0n) is 29.3. The maximum absolute atomic E-state index is 13.7. The van der Waals surface area contributed by atoms with Crippen molar-refractivity contribution in [2.45, 2.75) is 57.0 Å². The van der Waals surface area contributed by atoms with Gasteiger partial charge >= 0.3 is 5.97 Å². The second kappa shape index (κ2) is 16.4. The average Bonchev–Trinajstić information content (AvgIpc) is 3.15. The Balaban J connectivity index is 1.41. The van der Waals surface area contributed by atoms with Crippen LogP contribution in [0.4, 0.5) is 0 Å². The number of carbonyl (C=O) groups is 1. The Morgan fingerprint density at radius 1 is 0.784 bits per heavy atom. The Hall–Kier alpha value is -4.19. The second-order valence-corrected chi connectivity index (χ2v) is 18.2. The minimum atomic E-state index is -3.02. The van der Waals surface area contributed by atoms with E-state index in [0.717, 1.165) is 15.9 Å². The molecule has 4 aromatic carbocycles. The van der Waals surface area contributed by atoms with Gasteiger partial charge in [-0.15, -0.1) is 0 Å². The highest BCUT2D eigenvalue weighted by Crippen LogP contribution is 2.42. The Labute approximate surface area is 301 Å². The molecule has 0 radical (unpaired) electrons. The standard InChI is InChI=1S/C42H46O8Si/c1-42(2,3)51(33-20-12-6-13-21-33,34-22-14-7-15-23-34)48-28-32-24-36(47-29-46-27-30-16-8-4-9-17-30)35-25-38(44)49-37(26-43)39(35)40(32)50-41(45)31-18-10-5-11-19-31/h4-25,36-40,43-44H,26-29H2,1-3H3/t36-,37-,38?,39+,40-/m1/s1. The summed E-state index contributed by atoms with van der Waals surface area (Å²) in [6.07, 6.45) is -0.264. The van der Waals surface area contributed by atoms with Crippen molar-refractivity contribution in [3.63, 3.8) is 0 Å². The summed E-state index contributed by atoms with van der Waals surface area (Å²) in [7, 11) is -3.02. The highest BCUT2D eigenvalue weighted by atomic mass is 28.4. The van der Waals surface area contributed by atoms with Crippen LogP contribution < -0.4 is 10.4 Å². The quantitative estimate of drug-likeness (QED) is 0.0615. The molecule has 0 fully saturated rings. The topological polar surface area (TPSA) is 104 Å². The largest absolute Gasteiger partial charge is 0.453 e. The van der Waals surface area contributed by atoms with E-state index in [4.69, 9.17) is 23.4 Å². The van der Waals surface area contributed by atoms with Gasteiger partial charge in [-0.25, -0.2) is 4.79 Å². The molecule has 6 rings (SSSR count). The summed E-state index contributed by atoms with van der Waals surface area (Å²) in [4.78, 5) is 13.7. The molecule has 5 atom stereocenters. The van der Waals surface area contributed by atoms with Gasteiger partial charge in [-0.2, -0.15) is 0 Å². The molecule has 0 saturated heterocycles. The van der Waals surface area contributed by atoms with E-state index in [1.54, 1.807) is 30.3 Å². The molecule has 1 heterocycles. The number of carbonyl (C=O) groups excluding carboxylic acids is 1. The van der Waals surface area contributed by atoms with Gasteiger partial charge in [0.2, 0.25) is 0 Å². The molecule has 51 heavy (non-hydrogen) atoms. The van der Waals surface area contributed by atoms with Crippen LogP contribution in [-0.4, -0.2) is 69.1 Å². The number of aliphatic hydroxyl groups excluding tert-OH is 2. The van der Waals surface area contributed by atoms with Crippen LogP contribution in [0, 0.1) is 5.92 Å². The van der Waals surface area contributed by atoms with Gasteiger partial charge in [0.25, 0.3) is 8.32 Å². The van der Waals surface area contributed by atoms with E-state index in [9.17, 15) is 15.0 Å². The lowest BCUT2D eigenvalue weighted by molar-refractivity contribution is -0.162. The fourth-order valence-corrected chi connectivity index (χ4v) is 11.7. The third kappa shape index (κ3) is 8.16. The number of hydrogen-bond donors (Lipinski definition) is 2. The van der Waals surface area contributed by atoms with Crippen molar-refractivity contribution in [2.75, 3.05) is 20.0 Å². The first-order valence-corrected chi connectivity index (χ1v) is 19.2. The predicted molar refractivity (Wildman–Crippen MR) is 198 cm³/mol. The monoisotopic (exact) mass is 706 g/mol. The molecule has 0 amide bonds. The summed E-state index contributed by atoms with van der Waals surface area (Å²) < 4.78 is 31.8. The highest BCUT2D eigenvalue weighted by molar-refractivity contribution is 6.99. The molecule has 0 saturated carbocycles. The number of esters is 1. The van der Waals surface area contributed by atoms with E-state index in [1.165, 1.54) is 0 Å². The average molecular weight is 707 g/mol. The highest BCUT2D eigenvalue weighted by Gasteiger charge is 2.52. The van der Waals surface area contributed by atoms with Crippen molar-refractivity contribution in [3.05, 3.63) is 156 Å². The molecule has 1 aliphatic heterocycles. The number of hydrogen-bond acceptors (Lipinski definition) is 8. The number of ether oxygens (including phenoxy) is 4. The number of aliphatic hydroxyl groups is 2. The van der Waals surface area contributed by atoms with E-state index in [0.29, 0.717) is 23.3 Å². The Bertz CT molecular complexity index is 1730. The smallest absolute Gasteiger partial charge is 0.338 e. The number of fused-ring (bicyclic) bond motifs is 1. The first kappa shape index (κ1) is 36.6. The first-order chi connectivity index (χ1) is 24.7. The molecule has 9 heteroatoms. The number of benzene rings is 4. The van der Waals surface area contributed by atoms with Crippen LogP contribution in [0.1, 0.15) is 36.7 Å². The van der Waals surface area contributed by atoms with Gasteiger partial charge in [0, 0.05) is 0 Å². The second-order valence-electron chi connectivity index (χ2n) is 13.9. The van der Waals surface area contributed by atoms with Crippen LogP contribution in [0.5, 0.6) is 0 Å². The number of rotatable bonds is 13. The molecule has 2 aliphatic rings. The zero-order valence-corrected chi connectivity index (χ0v) is 30.3. The van der Waals surface area contributed by atoms with Crippen molar-refractivity contribution in [3.8, 4) is 0 Å². The van der Waals surface area contributed by atoms with Gasteiger partial charge in [0.15, 0.2) is 6.29 Å². The molecule has 1 unspecified atom stereocenters. The van der Waals surface area contributed by atoms with Gasteiger partial charge in [0.1, 0.15) is 19.0 Å². The van der Waals surface area contributed by atoms with Crippen molar-refractivity contribution in [1.82, 2.24) is 0 Å². The van der Waals surface area contributed by atoms with Crippen molar-refractivity contribution in [1.29, 1.82) is 0 Å². The Morgan fingerprint density at radius 3 is 1.92 bits per heavy atom. The van der Waals surface area contributed by atoms with Crippen molar-refractivity contribution >= 4 is 24.7 Å². The fraction of sp³-hybridized carbons (Fsp3) is 0.310. The van der Waals surface area contributed by atoms with Gasteiger partial charge in [0.05, 0.1) is 37.4 Å². The maximum atomic E-state index is 13.7. The molecule has 0 spiro atoms. The summed E-state index contributed by atoms with van der Waals surface area (Å²) in [5, 5.41) is 23.2. The Morgan fingerprint density at radius 2 is 1.35 bits per heavy atom. The summed E-state index contributed by atoms with van der Waals surface area (Å²) in [5.74, 6) is -1.20. The molecule has 0 aromatic heterocycles. The van der Waals surface area contributed by atoms with Gasteiger partial charge < -0.3 is 33.6 Å². The summed E-state index contributed by atoms with van der Waals surface area (Å²) in [5.41, 5.74) is 2.70. The van der Waals surface area contributed by atoms with E-state index >= 15 is 0 Å². The molecule has 266 valence electrons. The molecule has 1 aliphatic carbocycles. The Kier molecular flexibility index (Phi) is 11.8. The van der Waals surface area contributed by atoms with Crippen LogP contribution in [0.3, 0.4) is 0 Å². The molecule has 4 aromatic rings. The summed E-state index contributed by atoms with van der Waals surface area (Å²) >= 11 is 0. The van der Waals surface area contributed by atoms with Gasteiger partial charge in [-0.05, 0) is 56.4 Å². The zero-order chi connectivity index (χ0) is 35.8. The van der Waals surface area contributed by atoms with Crippen LogP contribution in [0.25, 0.3) is 0 Å². The van der Waals surface area contributed by atoms with Gasteiger partial charge in [-0.3, -0.25) is 0 Å². The third-order valence-electron chi connectivity index (χ3n) is 9.56. The lowest BCUT2D eigenvalue weighted by atomic mass is 9.75. The van der Waals surface area contributed by atoms with Crippen molar-refractivity contribution in [2.24, 2.45) is 5.92 Å². The van der Waals surface area contributed by atoms with Crippen molar-refractivity contribution < 1.29 is 38.4 Å². The fourth-order valence-electron chi connectivity index (χ4n) is 7.21.